The smallest absolute Gasteiger partial charge is 0.416 e. The van der Waals surface area contributed by atoms with Crippen LogP contribution in [0, 0.1) is 17.8 Å². The number of halogens is 3. The number of benzene rings is 2. The molecule has 0 spiro atoms. The fourth-order valence-corrected chi connectivity index (χ4v) is 8.81. The second-order valence-corrected chi connectivity index (χ2v) is 14.6. The van der Waals surface area contributed by atoms with E-state index in [0.717, 1.165) is 35.8 Å². The van der Waals surface area contributed by atoms with E-state index in [9.17, 15) is 32.7 Å². The van der Waals surface area contributed by atoms with Crippen molar-refractivity contribution in [1.29, 1.82) is 0 Å². The Bertz CT molecular complexity index is 1560. The molecule has 0 aromatic heterocycles. The lowest BCUT2D eigenvalue weighted by Gasteiger charge is -2.36. The summed E-state index contributed by atoms with van der Waals surface area (Å²) in [4.78, 5) is 46.4. The average Bonchev–Trinajstić information content (AvgIpc) is 3.76. The molecule has 4 fully saturated rings. The number of carboxylic acids is 1. The van der Waals surface area contributed by atoms with E-state index in [1.165, 1.54) is 6.07 Å². The van der Waals surface area contributed by atoms with E-state index in [-0.39, 0.29) is 41.5 Å². The van der Waals surface area contributed by atoms with Gasteiger partial charge in [0.2, 0.25) is 11.8 Å². The molecule has 2 aromatic rings. The van der Waals surface area contributed by atoms with E-state index in [4.69, 9.17) is 9.47 Å². The first-order chi connectivity index (χ1) is 24.4. The normalized spacial score (nSPS) is 25.4. The van der Waals surface area contributed by atoms with Gasteiger partial charge in [-0.15, -0.1) is 0 Å². The Balaban J connectivity index is 1.27. The highest BCUT2D eigenvalue weighted by Gasteiger charge is 2.47. The first-order valence-corrected chi connectivity index (χ1v) is 18.0. The molecule has 4 aliphatic heterocycles. The summed E-state index contributed by atoms with van der Waals surface area (Å²) in [6.45, 7) is 6.05. The Morgan fingerprint density at radius 3 is 2.12 bits per heavy atom. The van der Waals surface area contributed by atoms with Crippen molar-refractivity contribution in [3.8, 4) is 5.75 Å². The van der Waals surface area contributed by atoms with Crippen LogP contribution in [-0.4, -0.2) is 117 Å². The summed E-state index contributed by atoms with van der Waals surface area (Å²) in [5.41, 5.74) is 1.48. The van der Waals surface area contributed by atoms with Crippen molar-refractivity contribution in [3.63, 3.8) is 0 Å². The molecule has 51 heavy (non-hydrogen) atoms. The van der Waals surface area contributed by atoms with Crippen LogP contribution in [-0.2, 0) is 25.3 Å². The summed E-state index contributed by atoms with van der Waals surface area (Å²) in [6, 6.07) is 12.0. The minimum atomic E-state index is -4.54. The number of nitrogens with zero attached hydrogens (tertiary/aromatic N) is 4. The first-order valence-electron chi connectivity index (χ1n) is 18.0. The van der Waals surface area contributed by atoms with E-state index in [1.807, 2.05) is 39.0 Å². The van der Waals surface area contributed by atoms with Crippen molar-refractivity contribution in [2.45, 2.75) is 56.7 Å². The molecule has 13 heteroatoms. The number of likely N-dealkylation sites (tertiary alicyclic amines) is 3. The number of amides is 2. The minimum Gasteiger partial charge on any atom is -0.497 e. The van der Waals surface area contributed by atoms with Gasteiger partial charge in [-0.3, -0.25) is 19.3 Å². The molecule has 10 nitrogen and oxygen atoms in total. The summed E-state index contributed by atoms with van der Waals surface area (Å²) < 4.78 is 53.0. The summed E-state index contributed by atoms with van der Waals surface area (Å²) in [5.74, 6) is -1.37. The largest absolute Gasteiger partial charge is 0.497 e. The van der Waals surface area contributed by atoms with E-state index < -0.39 is 23.6 Å². The van der Waals surface area contributed by atoms with Crippen LogP contribution < -0.4 is 9.64 Å². The Morgan fingerprint density at radius 2 is 1.53 bits per heavy atom. The van der Waals surface area contributed by atoms with Crippen molar-refractivity contribution >= 4 is 23.5 Å². The molecule has 0 aliphatic carbocycles. The fourth-order valence-electron chi connectivity index (χ4n) is 8.81. The number of anilines is 1. The van der Waals surface area contributed by atoms with Gasteiger partial charge in [-0.1, -0.05) is 18.2 Å². The lowest BCUT2D eigenvalue weighted by molar-refractivity contribution is -0.142. The summed E-state index contributed by atoms with van der Waals surface area (Å²) in [6.07, 6.45) is -2.15. The van der Waals surface area contributed by atoms with E-state index in [1.54, 1.807) is 27.2 Å². The highest BCUT2D eigenvalue weighted by Crippen LogP contribution is 2.44. The number of rotatable bonds is 9. The molecule has 2 aromatic carbocycles. The van der Waals surface area contributed by atoms with Crippen molar-refractivity contribution in [2.75, 3.05) is 78.1 Å². The third-order valence-electron chi connectivity index (χ3n) is 11.7. The van der Waals surface area contributed by atoms with Crippen LogP contribution in [0.3, 0.4) is 0 Å². The number of carboxylic acid groups (broad SMARTS) is 1. The average molecular weight is 715 g/mol. The third-order valence-corrected chi connectivity index (χ3v) is 11.7. The summed E-state index contributed by atoms with van der Waals surface area (Å²) in [5, 5.41) is 9.53. The SMILES string of the molecule is COC[C@H]1CN(C(=O)[C@@H]2CN(C3CCN(C(C)=O)CC3)C[C@H]2c2ccc(OC)cc2)C[C@@H]1c1ccc(C(F)(F)F)cc1N1CCC(C(=O)O)CC1. The van der Waals surface area contributed by atoms with Crippen LogP contribution in [0.1, 0.15) is 61.1 Å². The quantitative estimate of drug-likeness (QED) is 0.391. The Morgan fingerprint density at radius 1 is 0.843 bits per heavy atom. The van der Waals surface area contributed by atoms with Gasteiger partial charge >= 0.3 is 12.1 Å². The zero-order valence-corrected chi connectivity index (χ0v) is 29.6. The fraction of sp³-hybridized carbons (Fsp3) is 0.605. The topological polar surface area (TPSA) is 103 Å². The molecule has 4 aliphatic rings. The van der Waals surface area contributed by atoms with E-state index in [2.05, 4.69) is 4.90 Å². The molecule has 0 saturated carbocycles. The monoisotopic (exact) mass is 714 g/mol. The predicted molar refractivity (Wildman–Crippen MR) is 185 cm³/mol. The molecule has 0 radical (unpaired) electrons. The number of aliphatic carboxylic acids is 1. The number of piperidine rings is 2. The van der Waals surface area contributed by atoms with Gasteiger partial charge in [0.05, 0.1) is 31.1 Å². The number of carbonyl (C=O) groups excluding carboxylic acids is 2. The van der Waals surface area contributed by atoms with Gasteiger partial charge in [0.15, 0.2) is 0 Å². The predicted octanol–water partition coefficient (Wildman–Crippen LogP) is 4.93. The Labute approximate surface area is 297 Å². The lowest BCUT2D eigenvalue weighted by Crippen LogP contribution is -2.46. The molecule has 4 heterocycles. The Hall–Kier alpha value is -3.84. The van der Waals surface area contributed by atoms with Gasteiger partial charge in [0.25, 0.3) is 0 Å². The number of methoxy groups -OCH3 is 2. The number of hydrogen-bond donors (Lipinski definition) is 1. The minimum absolute atomic E-state index is 0.0267. The number of alkyl halides is 3. The number of hydrogen-bond acceptors (Lipinski definition) is 7. The van der Waals surface area contributed by atoms with Gasteiger partial charge in [-0.25, -0.2) is 0 Å². The van der Waals surface area contributed by atoms with Crippen LogP contribution in [0.5, 0.6) is 5.75 Å². The number of ether oxygens (including phenoxy) is 2. The van der Waals surface area contributed by atoms with Gasteiger partial charge in [-0.2, -0.15) is 13.2 Å². The molecule has 4 atom stereocenters. The van der Waals surface area contributed by atoms with Gasteiger partial charge in [-0.05, 0) is 61.1 Å². The van der Waals surface area contributed by atoms with Gasteiger partial charge < -0.3 is 29.3 Å². The van der Waals surface area contributed by atoms with Gasteiger partial charge in [0, 0.05) is 95.9 Å². The van der Waals surface area contributed by atoms with Crippen molar-refractivity contribution in [2.24, 2.45) is 17.8 Å². The molecule has 2 amide bonds. The lowest BCUT2D eigenvalue weighted by atomic mass is 9.86. The molecule has 1 N–H and O–H groups in total. The molecule has 6 rings (SSSR count). The molecular formula is C38H49F3N4O6. The molecule has 278 valence electrons. The second kappa shape index (κ2) is 15.4. The van der Waals surface area contributed by atoms with Gasteiger partial charge in [0.1, 0.15) is 5.75 Å². The molecular weight excluding hydrogens is 665 g/mol. The van der Waals surface area contributed by atoms with E-state index in [0.29, 0.717) is 77.5 Å². The van der Waals surface area contributed by atoms with Crippen LogP contribution >= 0.6 is 0 Å². The van der Waals surface area contributed by atoms with Crippen molar-refractivity contribution in [3.05, 3.63) is 59.2 Å². The highest BCUT2D eigenvalue weighted by atomic mass is 19.4. The van der Waals surface area contributed by atoms with Crippen LogP contribution in [0.25, 0.3) is 0 Å². The number of carbonyl (C=O) groups is 3. The highest BCUT2D eigenvalue weighted by molar-refractivity contribution is 5.81. The maximum atomic E-state index is 14.7. The molecule has 0 bridgehead atoms. The first kappa shape index (κ1) is 36.9. The second-order valence-electron chi connectivity index (χ2n) is 14.6. The standard InChI is InChI=1S/C38H49F3N4O6/c1-24(46)42-16-12-29(13-17-42)44-20-32(25-4-7-30(51-3)8-5-25)34(22-44)36(47)45-19-27(23-50-2)33(21-45)31-9-6-28(38(39,40)41)18-35(31)43-14-10-26(11-15-43)37(48)49/h4-9,18,26-27,29,32-34H,10-17,19-23H2,1-3H3,(H,48,49)/t27-,32+,33+,34-/m1/s1. The van der Waals surface area contributed by atoms with E-state index >= 15 is 0 Å². The van der Waals surface area contributed by atoms with Crippen molar-refractivity contribution in [1.82, 2.24) is 14.7 Å². The van der Waals surface area contributed by atoms with Crippen molar-refractivity contribution < 1.29 is 42.1 Å². The summed E-state index contributed by atoms with van der Waals surface area (Å²) in [7, 11) is 3.21. The third kappa shape index (κ3) is 7.99. The molecule has 4 saturated heterocycles. The maximum Gasteiger partial charge on any atom is 0.416 e. The maximum absolute atomic E-state index is 14.7. The van der Waals surface area contributed by atoms with Crippen LogP contribution in [0.2, 0.25) is 0 Å². The zero-order valence-electron chi connectivity index (χ0n) is 29.6. The Kier molecular flexibility index (Phi) is 11.2. The van der Waals surface area contributed by atoms with Crippen LogP contribution in [0.4, 0.5) is 18.9 Å². The zero-order chi connectivity index (χ0) is 36.4. The molecule has 0 unspecified atom stereocenters. The van der Waals surface area contributed by atoms with Crippen LogP contribution in [0.15, 0.2) is 42.5 Å². The summed E-state index contributed by atoms with van der Waals surface area (Å²) >= 11 is 0.